The largest absolute Gasteiger partial charge is 0.418 e. The molecule has 0 bridgehead atoms. The van der Waals surface area contributed by atoms with E-state index in [1.165, 1.54) is 18.0 Å². The van der Waals surface area contributed by atoms with Crippen molar-refractivity contribution in [2.24, 2.45) is 5.92 Å². The number of carbonyl (C=O) groups excluding carboxylic acids is 1. The van der Waals surface area contributed by atoms with Crippen LogP contribution in [0.25, 0.3) is 22.2 Å². The SMILES string of the molecule is CCSNc1ccc(-c2cc(NC(=O)C3CC3)nc3[nH]ccc23)cc1C(F)(F)F. The second-order valence-corrected chi connectivity index (χ2v) is 7.92. The molecule has 3 N–H and O–H groups in total. The van der Waals surface area contributed by atoms with Gasteiger partial charge in [0.2, 0.25) is 5.91 Å². The number of hydrogen-bond acceptors (Lipinski definition) is 4. The molecular weight excluding hydrogens is 401 g/mol. The number of amides is 1. The first-order chi connectivity index (χ1) is 13.9. The molecule has 1 fully saturated rings. The summed E-state index contributed by atoms with van der Waals surface area (Å²) in [6.07, 6.45) is -1.13. The molecule has 0 radical (unpaired) electrons. The maximum Gasteiger partial charge on any atom is 0.418 e. The van der Waals surface area contributed by atoms with Crippen molar-refractivity contribution in [1.82, 2.24) is 9.97 Å². The molecular formula is C20H19F3N4OS. The summed E-state index contributed by atoms with van der Waals surface area (Å²) in [6.45, 7) is 1.86. The highest BCUT2D eigenvalue weighted by Crippen LogP contribution is 2.40. The van der Waals surface area contributed by atoms with Gasteiger partial charge in [-0.25, -0.2) is 4.98 Å². The predicted octanol–water partition coefficient (Wildman–Crippen LogP) is 5.68. The van der Waals surface area contributed by atoms with Gasteiger partial charge in [0.05, 0.1) is 11.3 Å². The van der Waals surface area contributed by atoms with Crippen LogP contribution in [0, 0.1) is 5.92 Å². The van der Waals surface area contributed by atoms with Crippen molar-refractivity contribution in [2.45, 2.75) is 25.9 Å². The molecule has 29 heavy (non-hydrogen) atoms. The summed E-state index contributed by atoms with van der Waals surface area (Å²) in [5, 5.41) is 3.46. The van der Waals surface area contributed by atoms with Crippen LogP contribution in [-0.2, 0) is 11.0 Å². The van der Waals surface area contributed by atoms with Gasteiger partial charge in [-0.05, 0) is 48.2 Å². The molecule has 5 nitrogen and oxygen atoms in total. The molecule has 0 saturated heterocycles. The fourth-order valence-electron chi connectivity index (χ4n) is 3.10. The Kier molecular flexibility index (Phi) is 5.16. The van der Waals surface area contributed by atoms with E-state index in [9.17, 15) is 18.0 Å². The lowest BCUT2D eigenvalue weighted by Crippen LogP contribution is -2.14. The van der Waals surface area contributed by atoms with Crippen molar-refractivity contribution in [3.8, 4) is 11.1 Å². The fourth-order valence-corrected chi connectivity index (χ4v) is 3.58. The van der Waals surface area contributed by atoms with Gasteiger partial charge in [0.25, 0.3) is 0 Å². The van der Waals surface area contributed by atoms with E-state index in [0.29, 0.717) is 33.7 Å². The molecule has 1 aliphatic rings. The van der Waals surface area contributed by atoms with Crippen molar-refractivity contribution in [3.63, 3.8) is 0 Å². The lowest BCUT2D eigenvalue weighted by Gasteiger charge is -2.16. The van der Waals surface area contributed by atoms with E-state index in [4.69, 9.17) is 0 Å². The second-order valence-electron chi connectivity index (χ2n) is 6.85. The van der Waals surface area contributed by atoms with E-state index in [2.05, 4.69) is 20.0 Å². The third kappa shape index (κ3) is 4.19. The van der Waals surface area contributed by atoms with Crippen LogP contribution >= 0.6 is 11.9 Å². The molecule has 0 aliphatic heterocycles. The lowest BCUT2D eigenvalue weighted by atomic mass is 10.00. The molecule has 1 saturated carbocycles. The summed E-state index contributed by atoms with van der Waals surface area (Å²) in [5.74, 6) is 0.848. The van der Waals surface area contributed by atoms with Crippen molar-refractivity contribution in [2.75, 3.05) is 15.8 Å². The highest BCUT2D eigenvalue weighted by molar-refractivity contribution is 8.00. The normalized spacial score (nSPS) is 14.2. The van der Waals surface area contributed by atoms with Gasteiger partial charge in [-0.3, -0.25) is 4.79 Å². The summed E-state index contributed by atoms with van der Waals surface area (Å²) >= 11 is 1.20. The standard InChI is InChI=1S/C20H19F3N4OS/c1-2-29-27-16-6-5-12(9-15(16)20(21,22)23)14-10-17(26-19(28)11-3-4-11)25-18-13(14)7-8-24-18/h5-11,27H,2-4H2,1H3,(H2,24,25,26,28). The average molecular weight is 420 g/mol. The third-order valence-electron chi connectivity index (χ3n) is 4.69. The zero-order chi connectivity index (χ0) is 20.6. The van der Waals surface area contributed by atoms with E-state index in [0.717, 1.165) is 18.9 Å². The van der Waals surface area contributed by atoms with Crippen LogP contribution in [-0.4, -0.2) is 21.6 Å². The monoisotopic (exact) mass is 420 g/mol. The average Bonchev–Trinajstić information content (AvgIpc) is 3.43. The van der Waals surface area contributed by atoms with E-state index >= 15 is 0 Å². The number of carbonyl (C=O) groups is 1. The van der Waals surface area contributed by atoms with E-state index < -0.39 is 11.7 Å². The molecule has 1 amide bonds. The van der Waals surface area contributed by atoms with E-state index in [1.54, 1.807) is 24.4 Å². The zero-order valence-corrected chi connectivity index (χ0v) is 16.4. The van der Waals surface area contributed by atoms with Gasteiger partial charge in [-0.15, -0.1) is 0 Å². The number of aromatic amines is 1. The van der Waals surface area contributed by atoms with E-state index in [-0.39, 0.29) is 17.5 Å². The molecule has 1 aliphatic carbocycles. The number of benzene rings is 1. The Balaban J connectivity index is 1.78. The summed E-state index contributed by atoms with van der Waals surface area (Å²) in [7, 11) is 0. The number of halogens is 3. The van der Waals surface area contributed by atoms with Gasteiger partial charge in [-0.2, -0.15) is 13.2 Å². The van der Waals surface area contributed by atoms with Crippen LogP contribution in [0.5, 0.6) is 0 Å². The molecule has 1 aromatic carbocycles. The number of nitrogens with one attached hydrogen (secondary N) is 3. The Hall–Kier alpha value is -2.68. The number of anilines is 2. The van der Waals surface area contributed by atoms with Crippen molar-refractivity contribution >= 4 is 40.4 Å². The first kappa shape index (κ1) is 19.6. The second kappa shape index (κ2) is 7.62. The number of hydrogen-bond donors (Lipinski definition) is 3. The Labute approximate surface area is 169 Å². The molecule has 0 atom stereocenters. The van der Waals surface area contributed by atoms with Crippen LogP contribution in [0.4, 0.5) is 24.7 Å². The molecule has 2 aromatic heterocycles. The smallest absolute Gasteiger partial charge is 0.346 e. The molecule has 0 spiro atoms. The number of fused-ring (bicyclic) bond motifs is 1. The van der Waals surface area contributed by atoms with Crippen LogP contribution in [0.15, 0.2) is 36.5 Å². The topological polar surface area (TPSA) is 69.8 Å². The van der Waals surface area contributed by atoms with Gasteiger partial charge in [0.15, 0.2) is 0 Å². The molecule has 2 heterocycles. The first-order valence-electron chi connectivity index (χ1n) is 9.25. The minimum absolute atomic E-state index is 0.00200. The predicted molar refractivity (Wildman–Crippen MR) is 110 cm³/mol. The van der Waals surface area contributed by atoms with Gasteiger partial charge < -0.3 is 15.0 Å². The zero-order valence-electron chi connectivity index (χ0n) is 15.6. The number of pyridine rings is 1. The van der Waals surface area contributed by atoms with Crippen molar-refractivity contribution in [1.29, 1.82) is 0 Å². The Morgan fingerprint density at radius 3 is 2.76 bits per heavy atom. The molecule has 0 unspecified atom stereocenters. The number of nitrogens with zero attached hydrogens (tertiary/aromatic N) is 1. The van der Waals surface area contributed by atoms with Crippen LogP contribution in [0.1, 0.15) is 25.3 Å². The molecule has 4 rings (SSSR count). The van der Waals surface area contributed by atoms with Crippen LogP contribution < -0.4 is 10.0 Å². The molecule has 152 valence electrons. The minimum atomic E-state index is -4.50. The number of alkyl halides is 3. The summed E-state index contributed by atoms with van der Waals surface area (Å²) in [5.41, 5.74) is 0.765. The minimum Gasteiger partial charge on any atom is -0.346 e. The Morgan fingerprint density at radius 1 is 1.28 bits per heavy atom. The van der Waals surface area contributed by atoms with Crippen molar-refractivity contribution < 1.29 is 18.0 Å². The van der Waals surface area contributed by atoms with Crippen molar-refractivity contribution in [3.05, 3.63) is 42.1 Å². The number of aromatic nitrogens is 2. The highest BCUT2D eigenvalue weighted by Gasteiger charge is 2.34. The summed E-state index contributed by atoms with van der Waals surface area (Å²) in [4.78, 5) is 19.5. The lowest BCUT2D eigenvalue weighted by molar-refractivity contribution is -0.136. The third-order valence-corrected chi connectivity index (χ3v) is 5.34. The maximum absolute atomic E-state index is 13.6. The summed E-state index contributed by atoms with van der Waals surface area (Å²) < 4.78 is 43.7. The number of rotatable bonds is 6. The summed E-state index contributed by atoms with van der Waals surface area (Å²) in [6, 6.07) is 7.59. The number of H-pyrrole nitrogens is 1. The Morgan fingerprint density at radius 2 is 2.07 bits per heavy atom. The Bertz CT molecular complexity index is 1060. The quantitative estimate of drug-likeness (QED) is 0.449. The van der Waals surface area contributed by atoms with E-state index in [1.807, 2.05) is 6.92 Å². The molecule has 3 aromatic rings. The first-order valence-corrected chi connectivity index (χ1v) is 10.2. The van der Waals surface area contributed by atoms with Gasteiger partial charge in [0, 0.05) is 23.3 Å². The van der Waals surface area contributed by atoms with Gasteiger partial charge in [-0.1, -0.05) is 24.9 Å². The van der Waals surface area contributed by atoms with Gasteiger partial charge >= 0.3 is 6.18 Å². The highest BCUT2D eigenvalue weighted by atomic mass is 32.2. The van der Waals surface area contributed by atoms with Gasteiger partial charge in [0.1, 0.15) is 11.5 Å². The van der Waals surface area contributed by atoms with Crippen LogP contribution in [0.3, 0.4) is 0 Å². The maximum atomic E-state index is 13.6. The molecule has 9 heteroatoms. The van der Waals surface area contributed by atoms with Crippen LogP contribution in [0.2, 0.25) is 0 Å². The fraction of sp³-hybridized carbons (Fsp3) is 0.300.